The summed E-state index contributed by atoms with van der Waals surface area (Å²) in [4.78, 5) is 16.5. The van der Waals surface area contributed by atoms with E-state index in [4.69, 9.17) is 0 Å². The predicted octanol–water partition coefficient (Wildman–Crippen LogP) is 3.67. The van der Waals surface area contributed by atoms with Gasteiger partial charge in [0.2, 0.25) is 5.91 Å². The van der Waals surface area contributed by atoms with Gasteiger partial charge in [0.05, 0.1) is 17.6 Å². The summed E-state index contributed by atoms with van der Waals surface area (Å²) in [6.07, 6.45) is 3.32. The molecular weight excluding hydrogens is 354 g/mol. The average Bonchev–Trinajstić information content (AvgIpc) is 2.89. The van der Waals surface area contributed by atoms with Crippen molar-refractivity contribution < 1.29 is 4.79 Å². The lowest BCUT2D eigenvalue weighted by molar-refractivity contribution is -0.116. The molecule has 3 rings (SSSR count). The molecule has 5 heteroatoms. The van der Waals surface area contributed by atoms with Crippen molar-refractivity contribution in [2.45, 2.75) is 6.54 Å². The number of imidazole rings is 1. The first-order valence-electron chi connectivity index (χ1n) is 7.26. The zero-order valence-electron chi connectivity index (χ0n) is 12.7. The molecule has 4 nitrogen and oxygen atoms in total. The molecule has 0 saturated heterocycles. The Morgan fingerprint density at radius 3 is 2.74 bits per heavy atom. The number of aryl methyl sites for hydroxylation is 1. The van der Waals surface area contributed by atoms with Crippen LogP contribution >= 0.6 is 15.9 Å². The van der Waals surface area contributed by atoms with E-state index in [1.54, 1.807) is 6.08 Å². The van der Waals surface area contributed by atoms with Crippen LogP contribution in [0.15, 0.2) is 59.1 Å². The third-order valence-electron chi connectivity index (χ3n) is 3.62. The van der Waals surface area contributed by atoms with Gasteiger partial charge < -0.3 is 9.88 Å². The molecule has 1 N–H and O–H groups in total. The van der Waals surface area contributed by atoms with E-state index in [2.05, 4.69) is 26.2 Å². The number of fused-ring (bicyclic) bond motifs is 1. The van der Waals surface area contributed by atoms with Crippen LogP contribution in [0, 0.1) is 0 Å². The topological polar surface area (TPSA) is 46.9 Å². The normalized spacial score (nSPS) is 11.2. The number of nitrogens with one attached hydrogen (secondary N) is 1. The lowest BCUT2D eigenvalue weighted by atomic mass is 10.2. The summed E-state index contributed by atoms with van der Waals surface area (Å²) in [6.45, 7) is 0.393. The smallest absolute Gasteiger partial charge is 0.244 e. The van der Waals surface area contributed by atoms with E-state index in [1.807, 2.05) is 60.1 Å². The Bertz CT molecular complexity index is 883. The van der Waals surface area contributed by atoms with Crippen LogP contribution in [-0.2, 0) is 18.4 Å². The highest BCUT2D eigenvalue weighted by Gasteiger charge is 2.07. The van der Waals surface area contributed by atoms with Crippen LogP contribution in [0.1, 0.15) is 11.4 Å². The maximum Gasteiger partial charge on any atom is 0.244 e. The molecule has 0 unspecified atom stereocenters. The second-order valence-corrected chi connectivity index (χ2v) is 6.00. The molecule has 116 valence electrons. The number of nitrogens with zero attached hydrogens (tertiary/aromatic N) is 2. The predicted molar refractivity (Wildman–Crippen MR) is 95.7 cm³/mol. The van der Waals surface area contributed by atoms with Crippen LogP contribution in [0.5, 0.6) is 0 Å². The van der Waals surface area contributed by atoms with Crippen LogP contribution < -0.4 is 5.32 Å². The fraction of sp³-hybridized carbons (Fsp3) is 0.111. The Balaban J connectivity index is 1.66. The third-order valence-corrected chi connectivity index (χ3v) is 4.34. The Morgan fingerprint density at radius 1 is 1.22 bits per heavy atom. The second-order valence-electron chi connectivity index (χ2n) is 5.15. The summed E-state index contributed by atoms with van der Waals surface area (Å²) in [7, 11) is 1.95. The van der Waals surface area contributed by atoms with Crippen LogP contribution in [0.3, 0.4) is 0 Å². The van der Waals surface area contributed by atoms with Gasteiger partial charge in [-0.25, -0.2) is 4.98 Å². The van der Waals surface area contributed by atoms with Crippen molar-refractivity contribution in [1.82, 2.24) is 14.9 Å². The number of benzene rings is 2. The first kappa shape index (κ1) is 15.5. The molecule has 1 amide bonds. The molecule has 0 spiro atoms. The Hall–Kier alpha value is -2.40. The van der Waals surface area contributed by atoms with Crippen molar-refractivity contribution in [2.75, 3.05) is 0 Å². The number of rotatable bonds is 4. The van der Waals surface area contributed by atoms with E-state index in [1.165, 1.54) is 6.08 Å². The van der Waals surface area contributed by atoms with Gasteiger partial charge in [0.15, 0.2) is 0 Å². The molecule has 2 aromatic carbocycles. The van der Waals surface area contributed by atoms with E-state index in [9.17, 15) is 4.79 Å². The number of carbonyl (C=O) groups is 1. The summed E-state index contributed by atoms with van der Waals surface area (Å²) >= 11 is 3.45. The Labute approximate surface area is 143 Å². The highest BCUT2D eigenvalue weighted by Crippen LogP contribution is 2.17. The first-order valence-corrected chi connectivity index (χ1v) is 8.05. The average molecular weight is 370 g/mol. The minimum atomic E-state index is -0.146. The maximum atomic E-state index is 12.0. The number of hydrogen-bond donors (Lipinski definition) is 1. The highest BCUT2D eigenvalue weighted by atomic mass is 79.9. The van der Waals surface area contributed by atoms with Gasteiger partial charge in [0.25, 0.3) is 0 Å². The summed E-state index contributed by atoms with van der Waals surface area (Å²) in [5.74, 6) is 0.682. The lowest BCUT2D eigenvalue weighted by Crippen LogP contribution is -2.22. The van der Waals surface area contributed by atoms with Crippen molar-refractivity contribution in [3.63, 3.8) is 0 Å². The molecule has 0 aliphatic heterocycles. The molecule has 1 aromatic heterocycles. The van der Waals surface area contributed by atoms with Gasteiger partial charge in [0.1, 0.15) is 5.82 Å². The van der Waals surface area contributed by atoms with Crippen molar-refractivity contribution in [3.8, 4) is 0 Å². The number of halogens is 1. The van der Waals surface area contributed by atoms with Gasteiger partial charge in [-0.2, -0.15) is 0 Å². The molecule has 0 bridgehead atoms. The van der Waals surface area contributed by atoms with Crippen molar-refractivity contribution in [1.29, 1.82) is 0 Å². The quantitative estimate of drug-likeness (QED) is 0.713. The number of hydrogen-bond acceptors (Lipinski definition) is 2. The van der Waals surface area contributed by atoms with Crippen molar-refractivity contribution in [2.24, 2.45) is 7.05 Å². The molecule has 0 aliphatic carbocycles. The molecule has 0 saturated carbocycles. The van der Waals surface area contributed by atoms with Crippen LogP contribution in [0.2, 0.25) is 0 Å². The molecule has 0 aliphatic rings. The van der Waals surface area contributed by atoms with Crippen LogP contribution in [0.4, 0.5) is 0 Å². The standard InChI is InChI=1S/C18H16BrN3O/c1-22-16-9-5-4-8-15(16)21-17(22)12-20-18(23)11-10-13-6-2-3-7-14(13)19/h2-11H,12H2,1H3,(H,20,23)/b11-10+. The largest absolute Gasteiger partial charge is 0.345 e. The molecule has 3 aromatic rings. The number of carbonyl (C=O) groups excluding carboxylic acids is 1. The summed E-state index contributed by atoms with van der Waals surface area (Å²) in [5, 5.41) is 2.87. The zero-order chi connectivity index (χ0) is 16.2. The summed E-state index contributed by atoms with van der Waals surface area (Å²) in [6, 6.07) is 15.7. The molecule has 1 heterocycles. The third kappa shape index (κ3) is 3.51. The molecule has 23 heavy (non-hydrogen) atoms. The minimum absolute atomic E-state index is 0.146. The Morgan fingerprint density at radius 2 is 1.96 bits per heavy atom. The van der Waals surface area contributed by atoms with E-state index in [0.29, 0.717) is 6.54 Å². The minimum Gasteiger partial charge on any atom is -0.345 e. The van der Waals surface area contributed by atoms with Crippen molar-refractivity contribution in [3.05, 3.63) is 70.5 Å². The highest BCUT2D eigenvalue weighted by molar-refractivity contribution is 9.10. The Kier molecular flexibility index (Phi) is 4.57. The van der Waals surface area contributed by atoms with Gasteiger partial charge >= 0.3 is 0 Å². The monoisotopic (exact) mass is 369 g/mol. The van der Waals surface area contributed by atoms with E-state index < -0.39 is 0 Å². The van der Waals surface area contributed by atoms with Gasteiger partial charge in [-0.1, -0.05) is 46.3 Å². The van der Waals surface area contributed by atoms with E-state index in [-0.39, 0.29) is 5.91 Å². The van der Waals surface area contributed by atoms with Crippen LogP contribution in [0.25, 0.3) is 17.1 Å². The lowest BCUT2D eigenvalue weighted by Gasteiger charge is -2.03. The van der Waals surface area contributed by atoms with Gasteiger partial charge in [-0.05, 0) is 29.8 Å². The molecule has 0 fully saturated rings. The maximum absolute atomic E-state index is 12.0. The van der Waals surface area contributed by atoms with Gasteiger partial charge in [-0.3, -0.25) is 4.79 Å². The zero-order valence-corrected chi connectivity index (χ0v) is 14.2. The molecule has 0 atom stereocenters. The van der Waals surface area contributed by atoms with Crippen LogP contribution in [-0.4, -0.2) is 15.5 Å². The fourth-order valence-electron chi connectivity index (χ4n) is 2.35. The number of amides is 1. The molecule has 0 radical (unpaired) electrons. The fourth-order valence-corrected chi connectivity index (χ4v) is 2.77. The van der Waals surface area contributed by atoms with Gasteiger partial charge in [0, 0.05) is 17.6 Å². The SMILES string of the molecule is Cn1c(CNC(=O)/C=C/c2ccccc2Br)nc2ccccc21. The first-order chi connectivity index (χ1) is 11.1. The molecular formula is C18H16BrN3O. The van der Waals surface area contributed by atoms with Gasteiger partial charge in [-0.15, -0.1) is 0 Å². The summed E-state index contributed by atoms with van der Waals surface area (Å²) in [5.41, 5.74) is 2.95. The summed E-state index contributed by atoms with van der Waals surface area (Å²) < 4.78 is 2.95. The van der Waals surface area contributed by atoms with E-state index in [0.717, 1.165) is 26.9 Å². The number of para-hydroxylation sites is 2. The number of aromatic nitrogens is 2. The van der Waals surface area contributed by atoms with E-state index >= 15 is 0 Å². The van der Waals surface area contributed by atoms with Crippen molar-refractivity contribution >= 4 is 38.9 Å². The second kappa shape index (κ2) is 6.79.